The standard InChI is InChI=1S/C11H17FN2O3/c1-7(2)8(12)9(15)14-5-3-4-11(17,6-14)10(13)16/h17H,3-6H2,1-2H3,(H2,13,16)/t11-/m0/s1. The van der Waals surface area contributed by atoms with E-state index >= 15 is 0 Å². The lowest BCUT2D eigenvalue weighted by molar-refractivity contribution is -0.147. The minimum absolute atomic E-state index is 0.197. The highest BCUT2D eigenvalue weighted by atomic mass is 19.1. The third-order valence-electron chi connectivity index (χ3n) is 2.84. The van der Waals surface area contributed by atoms with Crippen LogP contribution in [0.5, 0.6) is 0 Å². The average Bonchev–Trinajstić information content (AvgIpc) is 2.26. The maximum atomic E-state index is 13.4. The van der Waals surface area contributed by atoms with Crippen LogP contribution in [0.25, 0.3) is 0 Å². The predicted molar refractivity (Wildman–Crippen MR) is 59.4 cm³/mol. The molecule has 1 fully saturated rings. The Morgan fingerprint density at radius 3 is 2.47 bits per heavy atom. The molecule has 0 aromatic heterocycles. The molecule has 0 aromatic rings. The SMILES string of the molecule is CC(C)=C(F)C(=O)N1CCC[C@@](O)(C(N)=O)C1. The maximum absolute atomic E-state index is 13.4. The summed E-state index contributed by atoms with van der Waals surface area (Å²) in [5.41, 5.74) is 3.59. The van der Waals surface area contributed by atoms with Gasteiger partial charge >= 0.3 is 0 Å². The smallest absolute Gasteiger partial charge is 0.282 e. The zero-order valence-corrected chi connectivity index (χ0v) is 9.99. The normalized spacial score (nSPS) is 24.4. The number of carbonyl (C=O) groups is 2. The minimum Gasteiger partial charge on any atom is -0.378 e. The van der Waals surface area contributed by atoms with Gasteiger partial charge in [-0.2, -0.15) is 0 Å². The van der Waals surface area contributed by atoms with Gasteiger partial charge in [-0.15, -0.1) is 0 Å². The molecule has 1 saturated heterocycles. The summed E-state index contributed by atoms with van der Waals surface area (Å²) in [5, 5.41) is 9.88. The second kappa shape index (κ2) is 4.83. The first-order valence-electron chi connectivity index (χ1n) is 5.42. The summed E-state index contributed by atoms with van der Waals surface area (Å²) in [6, 6.07) is 0. The third-order valence-corrected chi connectivity index (χ3v) is 2.84. The highest BCUT2D eigenvalue weighted by Gasteiger charge is 2.40. The lowest BCUT2D eigenvalue weighted by atomic mass is 9.92. The highest BCUT2D eigenvalue weighted by molar-refractivity contribution is 5.93. The van der Waals surface area contributed by atoms with Crippen LogP contribution < -0.4 is 5.73 Å². The number of carbonyl (C=O) groups excluding carboxylic acids is 2. The van der Waals surface area contributed by atoms with Crippen molar-refractivity contribution in [2.24, 2.45) is 5.73 Å². The van der Waals surface area contributed by atoms with Crippen molar-refractivity contribution in [2.75, 3.05) is 13.1 Å². The third kappa shape index (κ3) is 2.82. The van der Waals surface area contributed by atoms with Gasteiger partial charge in [-0.25, -0.2) is 4.39 Å². The predicted octanol–water partition coefficient (Wildman–Crippen LogP) is 0.0886. The summed E-state index contributed by atoms with van der Waals surface area (Å²) in [5.74, 6) is -2.53. The molecule has 0 radical (unpaired) electrons. The number of halogens is 1. The maximum Gasteiger partial charge on any atom is 0.282 e. The van der Waals surface area contributed by atoms with Crippen molar-refractivity contribution in [1.82, 2.24) is 4.90 Å². The molecule has 1 aliphatic rings. The van der Waals surface area contributed by atoms with Gasteiger partial charge in [0.15, 0.2) is 11.4 Å². The monoisotopic (exact) mass is 244 g/mol. The molecule has 0 aliphatic carbocycles. The molecule has 1 heterocycles. The van der Waals surface area contributed by atoms with Crippen LogP contribution in [-0.4, -0.2) is 40.5 Å². The summed E-state index contributed by atoms with van der Waals surface area (Å²) in [6.07, 6.45) is 0.615. The van der Waals surface area contributed by atoms with E-state index in [0.717, 1.165) is 4.90 Å². The number of piperidine rings is 1. The van der Waals surface area contributed by atoms with Gasteiger partial charge in [0, 0.05) is 6.54 Å². The quantitative estimate of drug-likeness (QED) is 0.675. The first-order chi connectivity index (χ1) is 7.78. The molecule has 6 heteroatoms. The van der Waals surface area contributed by atoms with Crippen molar-refractivity contribution >= 4 is 11.8 Å². The van der Waals surface area contributed by atoms with Crippen molar-refractivity contribution in [3.05, 3.63) is 11.4 Å². The van der Waals surface area contributed by atoms with Crippen molar-refractivity contribution < 1.29 is 19.1 Å². The van der Waals surface area contributed by atoms with E-state index in [2.05, 4.69) is 0 Å². The Bertz CT molecular complexity index is 377. The summed E-state index contributed by atoms with van der Waals surface area (Å²) in [7, 11) is 0. The van der Waals surface area contributed by atoms with Crippen molar-refractivity contribution in [1.29, 1.82) is 0 Å². The largest absolute Gasteiger partial charge is 0.378 e. The van der Waals surface area contributed by atoms with E-state index in [1.807, 2.05) is 0 Å². The molecule has 5 nitrogen and oxygen atoms in total. The van der Waals surface area contributed by atoms with Gasteiger partial charge in [0.25, 0.3) is 11.8 Å². The molecule has 96 valence electrons. The van der Waals surface area contributed by atoms with Gasteiger partial charge in [0.05, 0.1) is 6.54 Å². The van der Waals surface area contributed by atoms with Gasteiger partial charge in [-0.1, -0.05) is 0 Å². The Balaban J connectivity index is 2.85. The fraction of sp³-hybridized carbons (Fsp3) is 0.636. The number of β-amino-alcohol motifs (C(OH)–C–C–N with tert-alkyl or cyclic N) is 1. The van der Waals surface area contributed by atoms with E-state index in [1.54, 1.807) is 0 Å². The number of hydrogen-bond acceptors (Lipinski definition) is 3. The minimum atomic E-state index is -1.74. The number of amides is 2. The average molecular weight is 244 g/mol. The van der Waals surface area contributed by atoms with E-state index < -0.39 is 23.2 Å². The number of likely N-dealkylation sites (tertiary alicyclic amines) is 1. The fourth-order valence-electron chi connectivity index (χ4n) is 1.76. The van der Waals surface area contributed by atoms with E-state index in [1.165, 1.54) is 13.8 Å². The second-order valence-corrected chi connectivity index (χ2v) is 4.54. The molecule has 17 heavy (non-hydrogen) atoms. The van der Waals surface area contributed by atoms with E-state index in [0.29, 0.717) is 13.0 Å². The first-order valence-corrected chi connectivity index (χ1v) is 5.42. The molecule has 0 bridgehead atoms. The van der Waals surface area contributed by atoms with Crippen molar-refractivity contribution in [2.45, 2.75) is 32.3 Å². The molecule has 3 N–H and O–H groups in total. The summed E-state index contributed by atoms with van der Waals surface area (Å²) in [4.78, 5) is 23.9. The molecular weight excluding hydrogens is 227 g/mol. The number of nitrogens with zero attached hydrogens (tertiary/aromatic N) is 1. The van der Waals surface area contributed by atoms with Crippen molar-refractivity contribution in [3.63, 3.8) is 0 Å². The summed E-state index contributed by atoms with van der Waals surface area (Å²) < 4.78 is 13.4. The molecule has 0 aromatic carbocycles. The van der Waals surface area contributed by atoms with E-state index in [9.17, 15) is 19.1 Å². The van der Waals surface area contributed by atoms with E-state index in [4.69, 9.17) is 5.73 Å². The van der Waals surface area contributed by atoms with E-state index in [-0.39, 0.29) is 18.5 Å². The molecule has 1 atom stereocenters. The van der Waals surface area contributed by atoms with Crippen molar-refractivity contribution in [3.8, 4) is 0 Å². The first kappa shape index (κ1) is 13.6. The van der Waals surface area contributed by atoms with Crippen LogP contribution in [0.2, 0.25) is 0 Å². The van der Waals surface area contributed by atoms with Gasteiger partial charge in [0.2, 0.25) is 0 Å². The molecule has 0 spiro atoms. The Hall–Kier alpha value is -1.43. The zero-order chi connectivity index (χ0) is 13.2. The van der Waals surface area contributed by atoms with Crippen LogP contribution in [0.15, 0.2) is 11.4 Å². The van der Waals surface area contributed by atoms with Gasteiger partial charge in [-0.05, 0) is 32.3 Å². The second-order valence-electron chi connectivity index (χ2n) is 4.54. The molecular formula is C11H17FN2O3. The Morgan fingerprint density at radius 2 is 2.00 bits per heavy atom. The number of rotatable bonds is 2. The summed E-state index contributed by atoms with van der Waals surface area (Å²) >= 11 is 0. The van der Waals surface area contributed by atoms with Crippen LogP contribution in [0.1, 0.15) is 26.7 Å². The highest BCUT2D eigenvalue weighted by Crippen LogP contribution is 2.23. The summed E-state index contributed by atoms with van der Waals surface area (Å²) in [6.45, 7) is 3.03. The van der Waals surface area contributed by atoms with Crippen LogP contribution in [0, 0.1) is 0 Å². The van der Waals surface area contributed by atoms with Crippen LogP contribution in [0.4, 0.5) is 4.39 Å². The number of hydrogen-bond donors (Lipinski definition) is 2. The van der Waals surface area contributed by atoms with Crippen LogP contribution >= 0.6 is 0 Å². The fourth-order valence-corrected chi connectivity index (χ4v) is 1.76. The molecule has 1 aliphatic heterocycles. The molecule has 1 rings (SSSR count). The Labute approximate surface area is 99.1 Å². The number of primary amides is 1. The van der Waals surface area contributed by atoms with Crippen LogP contribution in [-0.2, 0) is 9.59 Å². The number of nitrogens with two attached hydrogens (primary N) is 1. The number of allylic oxidation sites excluding steroid dienone is 1. The lowest BCUT2D eigenvalue weighted by Gasteiger charge is -2.36. The molecule has 2 amide bonds. The topological polar surface area (TPSA) is 83.6 Å². The lowest BCUT2D eigenvalue weighted by Crippen LogP contribution is -2.57. The molecule has 0 saturated carbocycles. The molecule has 0 unspecified atom stereocenters. The van der Waals surface area contributed by atoms with Crippen LogP contribution in [0.3, 0.4) is 0 Å². The number of aliphatic hydroxyl groups is 1. The van der Waals surface area contributed by atoms with Gasteiger partial charge < -0.3 is 15.7 Å². The Morgan fingerprint density at radius 1 is 1.41 bits per heavy atom. The van der Waals surface area contributed by atoms with Gasteiger partial charge in [-0.3, -0.25) is 9.59 Å². The van der Waals surface area contributed by atoms with Gasteiger partial charge in [0.1, 0.15) is 0 Å². The zero-order valence-electron chi connectivity index (χ0n) is 9.99. The Kier molecular flexibility index (Phi) is 3.87.